The van der Waals surface area contributed by atoms with Gasteiger partial charge in [-0.3, -0.25) is 4.79 Å². The molecule has 0 aliphatic carbocycles. The molecule has 1 amide bonds. The molecule has 5 nitrogen and oxygen atoms in total. The molecule has 2 rings (SSSR count). The molecule has 2 aromatic carbocycles. The minimum absolute atomic E-state index is 0.0361. The van der Waals surface area contributed by atoms with Crippen LogP contribution in [0.5, 0.6) is 5.75 Å². The van der Waals surface area contributed by atoms with Crippen LogP contribution in [0.1, 0.15) is 39.9 Å². The highest BCUT2D eigenvalue weighted by Gasteiger charge is 2.10. The number of amides is 1. The largest absolute Gasteiger partial charge is 0.496 e. The van der Waals surface area contributed by atoms with Crippen LogP contribution in [0.2, 0.25) is 0 Å². The van der Waals surface area contributed by atoms with Gasteiger partial charge in [-0.25, -0.2) is 13.6 Å². The summed E-state index contributed by atoms with van der Waals surface area (Å²) in [4.78, 5) is 22.9. The van der Waals surface area contributed by atoms with Gasteiger partial charge in [-0.2, -0.15) is 0 Å². The molecule has 0 unspecified atom stereocenters. The highest BCUT2D eigenvalue weighted by Crippen LogP contribution is 2.21. The summed E-state index contributed by atoms with van der Waals surface area (Å²) >= 11 is 0. The molecular formula is C20H21F2NO4. The lowest BCUT2D eigenvalue weighted by atomic mass is 10.1. The monoisotopic (exact) mass is 377 g/mol. The molecular weight excluding hydrogens is 356 g/mol. The third-order valence-electron chi connectivity index (χ3n) is 4.12. The van der Waals surface area contributed by atoms with E-state index in [0.29, 0.717) is 25.1 Å². The average molecular weight is 377 g/mol. The second-order valence-electron chi connectivity index (χ2n) is 5.97. The van der Waals surface area contributed by atoms with Crippen LogP contribution in [-0.2, 0) is 17.6 Å². The molecule has 0 aliphatic heterocycles. The molecule has 27 heavy (non-hydrogen) atoms. The first kappa shape index (κ1) is 20.4. The molecule has 0 aliphatic rings. The predicted molar refractivity (Wildman–Crippen MR) is 96.4 cm³/mol. The second-order valence-corrected chi connectivity index (χ2v) is 5.97. The Kier molecular flexibility index (Phi) is 7.28. The number of halogens is 2. The van der Waals surface area contributed by atoms with Gasteiger partial charge in [0.2, 0.25) is 5.91 Å². The van der Waals surface area contributed by atoms with Crippen LogP contribution in [0.4, 0.5) is 8.78 Å². The maximum Gasteiger partial charge on any atom is 0.335 e. The first-order chi connectivity index (χ1) is 12.9. The third-order valence-corrected chi connectivity index (χ3v) is 4.12. The van der Waals surface area contributed by atoms with E-state index < -0.39 is 12.4 Å². The van der Waals surface area contributed by atoms with Crippen molar-refractivity contribution in [2.24, 2.45) is 0 Å². The van der Waals surface area contributed by atoms with E-state index in [1.807, 2.05) is 0 Å². The van der Waals surface area contributed by atoms with Crippen molar-refractivity contribution in [1.82, 2.24) is 5.32 Å². The summed E-state index contributed by atoms with van der Waals surface area (Å²) in [5.41, 5.74) is 1.72. The standard InChI is InChI=1S/C20H21F2NO4/c1-27-17-12-16(20(25)26)8-7-14(17)10-11-23-18(24)9-4-13-2-5-15(6-3-13)19(21)22/h2-3,5-8,12,19H,4,9-11H2,1H3,(H,23,24)(H,25,26). The van der Waals surface area contributed by atoms with Gasteiger partial charge in [-0.15, -0.1) is 0 Å². The Balaban J connectivity index is 1.79. The van der Waals surface area contributed by atoms with E-state index in [1.54, 1.807) is 18.2 Å². The minimum Gasteiger partial charge on any atom is -0.496 e. The number of benzene rings is 2. The number of nitrogens with one attached hydrogen (secondary N) is 1. The quantitative estimate of drug-likeness (QED) is 0.700. The number of carbonyl (C=O) groups excluding carboxylic acids is 1. The molecule has 144 valence electrons. The van der Waals surface area contributed by atoms with Crippen LogP contribution in [0.3, 0.4) is 0 Å². The van der Waals surface area contributed by atoms with E-state index in [2.05, 4.69) is 5.32 Å². The number of hydrogen-bond donors (Lipinski definition) is 2. The fourth-order valence-electron chi connectivity index (χ4n) is 2.60. The van der Waals surface area contributed by atoms with Gasteiger partial charge in [-0.05, 0) is 36.1 Å². The van der Waals surface area contributed by atoms with Crippen LogP contribution >= 0.6 is 0 Å². The SMILES string of the molecule is COc1cc(C(=O)O)ccc1CCNC(=O)CCc1ccc(C(F)F)cc1. The normalized spacial score (nSPS) is 10.7. The van der Waals surface area contributed by atoms with Crippen molar-refractivity contribution in [2.45, 2.75) is 25.7 Å². The maximum absolute atomic E-state index is 12.5. The van der Waals surface area contributed by atoms with E-state index in [0.717, 1.165) is 11.1 Å². The Morgan fingerprint density at radius 3 is 2.41 bits per heavy atom. The van der Waals surface area contributed by atoms with Crippen molar-refractivity contribution in [3.63, 3.8) is 0 Å². The van der Waals surface area contributed by atoms with Gasteiger partial charge >= 0.3 is 5.97 Å². The molecule has 0 atom stereocenters. The van der Waals surface area contributed by atoms with Gasteiger partial charge < -0.3 is 15.2 Å². The Morgan fingerprint density at radius 2 is 1.81 bits per heavy atom. The zero-order valence-corrected chi connectivity index (χ0v) is 14.9. The van der Waals surface area contributed by atoms with Gasteiger partial charge in [0.25, 0.3) is 6.43 Å². The summed E-state index contributed by atoms with van der Waals surface area (Å²) in [6, 6.07) is 10.5. The summed E-state index contributed by atoms with van der Waals surface area (Å²) in [5.74, 6) is -0.716. The van der Waals surface area contributed by atoms with E-state index in [9.17, 15) is 18.4 Å². The molecule has 0 saturated carbocycles. The number of aromatic carboxylic acids is 1. The van der Waals surface area contributed by atoms with Crippen LogP contribution in [0, 0.1) is 0 Å². The van der Waals surface area contributed by atoms with Gasteiger partial charge in [0.1, 0.15) is 5.75 Å². The molecule has 0 bridgehead atoms. The number of methoxy groups -OCH3 is 1. The molecule has 2 N–H and O–H groups in total. The average Bonchev–Trinajstić information content (AvgIpc) is 2.66. The van der Waals surface area contributed by atoms with Crippen molar-refractivity contribution in [3.05, 3.63) is 64.7 Å². The summed E-state index contributed by atoms with van der Waals surface area (Å²) in [7, 11) is 1.46. The first-order valence-corrected chi connectivity index (χ1v) is 8.44. The Morgan fingerprint density at radius 1 is 1.11 bits per heavy atom. The summed E-state index contributed by atoms with van der Waals surface area (Å²) in [6.07, 6.45) is -1.28. The lowest BCUT2D eigenvalue weighted by Crippen LogP contribution is -2.26. The Labute approximate surface area is 156 Å². The zero-order valence-electron chi connectivity index (χ0n) is 14.9. The molecule has 0 spiro atoms. The van der Waals surface area contributed by atoms with Crippen LogP contribution < -0.4 is 10.1 Å². The van der Waals surface area contributed by atoms with Crippen LogP contribution in [0.15, 0.2) is 42.5 Å². The number of carboxylic acid groups (broad SMARTS) is 1. The van der Waals surface area contributed by atoms with E-state index in [1.165, 1.54) is 31.4 Å². The van der Waals surface area contributed by atoms with Gasteiger partial charge in [0.15, 0.2) is 0 Å². The third kappa shape index (κ3) is 6.06. The minimum atomic E-state index is -2.50. The summed E-state index contributed by atoms with van der Waals surface area (Å²) in [5, 5.41) is 11.8. The highest BCUT2D eigenvalue weighted by atomic mass is 19.3. The van der Waals surface area contributed by atoms with Crippen LogP contribution in [0.25, 0.3) is 0 Å². The van der Waals surface area contributed by atoms with Crippen LogP contribution in [-0.4, -0.2) is 30.6 Å². The van der Waals surface area contributed by atoms with Crippen molar-refractivity contribution >= 4 is 11.9 Å². The molecule has 0 saturated heterocycles. The smallest absolute Gasteiger partial charge is 0.335 e. The first-order valence-electron chi connectivity index (χ1n) is 8.44. The van der Waals surface area contributed by atoms with Gasteiger partial charge in [-0.1, -0.05) is 30.3 Å². The van der Waals surface area contributed by atoms with Gasteiger partial charge in [0, 0.05) is 18.5 Å². The topological polar surface area (TPSA) is 75.6 Å². The number of aryl methyl sites for hydroxylation is 1. The molecule has 7 heteroatoms. The number of carbonyl (C=O) groups is 2. The van der Waals surface area contributed by atoms with E-state index in [-0.39, 0.29) is 23.5 Å². The summed E-state index contributed by atoms with van der Waals surface area (Å²) < 4.78 is 30.2. The predicted octanol–water partition coefficient (Wildman–Crippen LogP) is 3.62. The molecule has 0 fully saturated rings. The number of alkyl halides is 2. The number of rotatable bonds is 9. The number of hydrogen-bond acceptors (Lipinski definition) is 3. The Bertz CT molecular complexity index is 791. The lowest BCUT2D eigenvalue weighted by Gasteiger charge is -2.10. The van der Waals surface area contributed by atoms with Crippen molar-refractivity contribution in [2.75, 3.05) is 13.7 Å². The fraction of sp³-hybridized carbons (Fsp3) is 0.300. The van der Waals surface area contributed by atoms with E-state index >= 15 is 0 Å². The van der Waals surface area contributed by atoms with Crippen molar-refractivity contribution in [3.8, 4) is 5.75 Å². The highest BCUT2D eigenvalue weighted by molar-refractivity contribution is 5.88. The zero-order chi connectivity index (χ0) is 19.8. The molecule has 0 aromatic heterocycles. The van der Waals surface area contributed by atoms with Crippen molar-refractivity contribution < 1.29 is 28.2 Å². The number of carboxylic acids is 1. The second kappa shape index (κ2) is 9.66. The summed E-state index contributed by atoms with van der Waals surface area (Å²) in [6.45, 7) is 0.381. The molecule has 0 heterocycles. The lowest BCUT2D eigenvalue weighted by molar-refractivity contribution is -0.121. The van der Waals surface area contributed by atoms with Crippen molar-refractivity contribution in [1.29, 1.82) is 0 Å². The van der Waals surface area contributed by atoms with E-state index in [4.69, 9.17) is 9.84 Å². The molecule has 0 radical (unpaired) electrons. The number of ether oxygens (including phenoxy) is 1. The Hall–Kier alpha value is -2.96. The molecule has 2 aromatic rings. The maximum atomic E-state index is 12.5. The van der Waals surface area contributed by atoms with Gasteiger partial charge in [0.05, 0.1) is 12.7 Å². The fourth-order valence-corrected chi connectivity index (χ4v) is 2.60.